The van der Waals surface area contributed by atoms with Gasteiger partial charge in [-0.2, -0.15) is 0 Å². The molecule has 0 aromatic heterocycles. The van der Waals surface area contributed by atoms with Crippen LogP contribution in [0.1, 0.15) is 22.7 Å². The second-order valence-corrected chi connectivity index (χ2v) is 4.63. The Bertz CT molecular complexity index is 554. The molecule has 0 fully saturated rings. The third-order valence-electron chi connectivity index (χ3n) is 3.04. The fraction of sp³-hybridized carbons (Fsp3) is 0.200. The predicted octanol–water partition coefficient (Wildman–Crippen LogP) is 4.10. The molecule has 2 aromatic carbocycles. The van der Waals surface area contributed by atoms with E-state index in [0.717, 1.165) is 5.56 Å². The lowest BCUT2D eigenvalue weighted by Crippen LogP contribution is -2.19. The average molecular weight is 264 g/mol. The summed E-state index contributed by atoms with van der Waals surface area (Å²) in [7, 11) is 1.80. The highest BCUT2D eigenvalue weighted by Crippen LogP contribution is 2.30. The summed E-state index contributed by atoms with van der Waals surface area (Å²) < 4.78 is 14.2. The molecule has 1 atom stereocenters. The van der Waals surface area contributed by atoms with E-state index in [0.29, 0.717) is 16.1 Å². The molecule has 94 valence electrons. The molecule has 0 aliphatic heterocycles. The molecule has 2 rings (SSSR count). The highest BCUT2D eigenvalue weighted by atomic mass is 35.5. The van der Waals surface area contributed by atoms with E-state index in [-0.39, 0.29) is 11.9 Å². The highest BCUT2D eigenvalue weighted by Gasteiger charge is 2.18. The third kappa shape index (κ3) is 2.40. The fourth-order valence-corrected chi connectivity index (χ4v) is 2.33. The van der Waals surface area contributed by atoms with Crippen LogP contribution in [0.15, 0.2) is 42.5 Å². The summed E-state index contributed by atoms with van der Waals surface area (Å²) in [5.74, 6) is -0.184. The number of hydrogen-bond donors (Lipinski definition) is 1. The smallest absolute Gasteiger partial charge is 0.131 e. The third-order valence-corrected chi connectivity index (χ3v) is 3.38. The van der Waals surface area contributed by atoms with E-state index in [9.17, 15) is 4.39 Å². The van der Waals surface area contributed by atoms with E-state index < -0.39 is 0 Å². The van der Waals surface area contributed by atoms with Crippen molar-refractivity contribution in [3.8, 4) is 0 Å². The average Bonchev–Trinajstić information content (AvgIpc) is 2.37. The summed E-state index contributed by atoms with van der Waals surface area (Å²) in [5, 5.41) is 3.76. The molecule has 0 bridgehead atoms. The fourth-order valence-electron chi connectivity index (χ4n) is 2.08. The van der Waals surface area contributed by atoms with Crippen molar-refractivity contribution in [2.24, 2.45) is 0 Å². The highest BCUT2D eigenvalue weighted by molar-refractivity contribution is 6.31. The van der Waals surface area contributed by atoms with Crippen molar-refractivity contribution in [1.82, 2.24) is 5.32 Å². The summed E-state index contributed by atoms with van der Waals surface area (Å²) in [4.78, 5) is 0. The van der Waals surface area contributed by atoms with Crippen LogP contribution in [0.5, 0.6) is 0 Å². The maximum atomic E-state index is 14.2. The van der Waals surface area contributed by atoms with Crippen LogP contribution in [-0.2, 0) is 0 Å². The Morgan fingerprint density at radius 3 is 2.39 bits per heavy atom. The van der Waals surface area contributed by atoms with Gasteiger partial charge in [0.1, 0.15) is 5.82 Å². The van der Waals surface area contributed by atoms with E-state index in [1.54, 1.807) is 26.1 Å². The first kappa shape index (κ1) is 13.1. The summed E-state index contributed by atoms with van der Waals surface area (Å²) in [6, 6.07) is 12.7. The monoisotopic (exact) mass is 263 g/mol. The van der Waals surface area contributed by atoms with Gasteiger partial charge in [0.25, 0.3) is 0 Å². The molecule has 0 aliphatic rings. The summed E-state index contributed by atoms with van der Waals surface area (Å²) in [5.41, 5.74) is 2.14. The second-order valence-electron chi connectivity index (χ2n) is 4.22. The van der Waals surface area contributed by atoms with Gasteiger partial charge < -0.3 is 5.32 Å². The SMILES string of the molecule is CNC(c1ccccc1Cl)c1cccc(C)c1F. The Balaban J connectivity index is 2.53. The molecule has 1 N–H and O–H groups in total. The van der Waals surface area contributed by atoms with Gasteiger partial charge in [0, 0.05) is 10.6 Å². The molecule has 18 heavy (non-hydrogen) atoms. The van der Waals surface area contributed by atoms with Gasteiger partial charge in [-0.1, -0.05) is 48.0 Å². The van der Waals surface area contributed by atoms with E-state index in [4.69, 9.17) is 11.6 Å². The lowest BCUT2D eigenvalue weighted by atomic mass is 9.97. The van der Waals surface area contributed by atoms with Gasteiger partial charge >= 0.3 is 0 Å². The van der Waals surface area contributed by atoms with Crippen LogP contribution in [0.25, 0.3) is 0 Å². The molecular formula is C15H15ClFN. The molecule has 0 spiro atoms. The molecule has 1 nitrogen and oxygen atoms in total. The van der Waals surface area contributed by atoms with Crippen molar-refractivity contribution in [1.29, 1.82) is 0 Å². The van der Waals surface area contributed by atoms with Crippen LogP contribution < -0.4 is 5.32 Å². The van der Waals surface area contributed by atoms with Crippen LogP contribution in [0.3, 0.4) is 0 Å². The molecule has 0 radical (unpaired) electrons. The minimum absolute atomic E-state index is 0.184. The van der Waals surface area contributed by atoms with Gasteiger partial charge in [0.2, 0.25) is 0 Å². The lowest BCUT2D eigenvalue weighted by Gasteiger charge is -2.19. The van der Waals surface area contributed by atoms with Crippen LogP contribution in [0.2, 0.25) is 5.02 Å². The van der Waals surface area contributed by atoms with E-state index in [2.05, 4.69) is 5.32 Å². The summed E-state index contributed by atoms with van der Waals surface area (Å²) >= 11 is 6.18. The molecule has 0 amide bonds. The van der Waals surface area contributed by atoms with Gasteiger partial charge in [0.15, 0.2) is 0 Å². The van der Waals surface area contributed by atoms with Crippen LogP contribution >= 0.6 is 11.6 Å². The first-order chi connectivity index (χ1) is 8.65. The van der Waals surface area contributed by atoms with Crippen LogP contribution in [-0.4, -0.2) is 7.05 Å². The first-order valence-electron chi connectivity index (χ1n) is 5.82. The minimum Gasteiger partial charge on any atom is -0.309 e. The molecule has 0 heterocycles. The topological polar surface area (TPSA) is 12.0 Å². The minimum atomic E-state index is -0.237. The van der Waals surface area contributed by atoms with Crippen LogP contribution in [0.4, 0.5) is 4.39 Å². The molecule has 0 saturated carbocycles. The number of benzene rings is 2. The predicted molar refractivity (Wildman–Crippen MR) is 73.5 cm³/mol. The second kappa shape index (κ2) is 5.51. The molecule has 2 aromatic rings. The van der Waals surface area contributed by atoms with E-state index in [1.807, 2.05) is 30.3 Å². The normalized spacial score (nSPS) is 12.4. The van der Waals surface area contributed by atoms with Crippen molar-refractivity contribution in [3.63, 3.8) is 0 Å². The zero-order valence-electron chi connectivity index (χ0n) is 10.4. The van der Waals surface area contributed by atoms with E-state index >= 15 is 0 Å². The zero-order valence-corrected chi connectivity index (χ0v) is 11.1. The van der Waals surface area contributed by atoms with Gasteiger partial charge in [-0.05, 0) is 31.2 Å². The van der Waals surface area contributed by atoms with Gasteiger partial charge in [-0.25, -0.2) is 4.39 Å². The largest absolute Gasteiger partial charge is 0.309 e. The Morgan fingerprint density at radius 2 is 1.72 bits per heavy atom. The molecule has 1 unspecified atom stereocenters. The Kier molecular flexibility index (Phi) is 4.00. The molecule has 3 heteroatoms. The molecule has 0 saturated heterocycles. The number of aryl methyl sites for hydroxylation is 1. The molecule has 0 aliphatic carbocycles. The summed E-state index contributed by atoms with van der Waals surface area (Å²) in [6.07, 6.45) is 0. The van der Waals surface area contributed by atoms with Crippen LogP contribution in [0, 0.1) is 12.7 Å². The van der Waals surface area contributed by atoms with Crippen molar-refractivity contribution >= 4 is 11.6 Å². The summed E-state index contributed by atoms with van der Waals surface area (Å²) in [6.45, 7) is 1.76. The van der Waals surface area contributed by atoms with Crippen molar-refractivity contribution in [2.75, 3.05) is 7.05 Å². The zero-order chi connectivity index (χ0) is 13.1. The van der Waals surface area contributed by atoms with Gasteiger partial charge in [0.05, 0.1) is 6.04 Å². The Labute approximate surface area is 112 Å². The van der Waals surface area contributed by atoms with Crippen molar-refractivity contribution in [2.45, 2.75) is 13.0 Å². The Hall–Kier alpha value is -1.38. The number of rotatable bonds is 3. The van der Waals surface area contributed by atoms with E-state index in [1.165, 1.54) is 0 Å². The van der Waals surface area contributed by atoms with Crippen molar-refractivity contribution < 1.29 is 4.39 Å². The number of hydrogen-bond acceptors (Lipinski definition) is 1. The van der Waals surface area contributed by atoms with Gasteiger partial charge in [-0.15, -0.1) is 0 Å². The van der Waals surface area contributed by atoms with Crippen molar-refractivity contribution in [3.05, 3.63) is 70.0 Å². The van der Waals surface area contributed by atoms with Gasteiger partial charge in [-0.3, -0.25) is 0 Å². The first-order valence-corrected chi connectivity index (χ1v) is 6.19. The Morgan fingerprint density at radius 1 is 1.06 bits per heavy atom. The standard InChI is InChI=1S/C15H15ClFN/c1-10-6-5-8-12(14(10)17)15(18-2)11-7-3-4-9-13(11)16/h3-9,15,18H,1-2H3. The number of nitrogens with one attached hydrogen (secondary N) is 1. The maximum absolute atomic E-state index is 14.2. The number of halogens is 2. The lowest BCUT2D eigenvalue weighted by molar-refractivity contribution is 0.569. The quantitative estimate of drug-likeness (QED) is 0.879. The maximum Gasteiger partial charge on any atom is 0.131 e. The molecular weight excluding hydrogens is 249 g/mol.